The summed E-state index contributed by atoms with van der Waals surface area (Å²) in [4.78, 5) is 2.33. The maximum Gasteiger partial charge on any atom is 0.0981 e. The molecule has 3 nitrogen and oxygen atoms in total. The lowest BCUT2D eigenvalue weighted by Crippen LogP contribution is -2.42. The Labute approximate surface area is 67.7 Å². The number of rotatable bonds is 1. The minimum atomic E-state index is 0.134. The molecule has 0 aliphatic carbocycles. The largest absolute Gasteiger partial charge is 0.375 e. The normalized spacial score (nSPS) is 44.7. The van der Waals surface area contributed by atoms with Gasteiger partial charge in [-0.2, -0.15) is 0 Å². The second-order valence-corrected chi connectivity index (χ2v) is 3.72. The molecule has 0 bridgehead atoms. The van der Waals surface area contributed by atoms with Gasteiger partial charge in [-0.05, 0) is 20.0 Å². The van der Waals surface area contributed by atoms with Gasteiger partial charge >= 0.3 is 0 Å². The number of likely N-dealkylation sites (tertiary alicyclic amines) is 1. The van der Waals surface area contributed by atoms with Crippen molar-refractivity contribution in [3.8, 4) is 0 Å². The van der Waals surface area contributed by atoms with Gasteiger partial charge in [-0.3, -0.25) is 0 Å². The lowest BCUT2D eigenvalue weighted by molar-refractivity contribution is 0.0000537. The van der Waals surface area contributed by atoms with Crippen LogP contribution in [0.5, 0.6) is 0 Å². The fourth-order valence-corrected chi connectivity index (χ4v) is 2.38. The Kier molecular flexibility index (Phi) is 1.67. The van der Waals surface area contributed by atoms with Crippen LogP contribution < -0.4 is 5.32 Å². The van der Waals surface area contributed by atoms with Gasteiger partial charge < -0.3 is 15.0 Å². The predicted molar refractivity (Wildman–Crippen MR) is 43.6 cm³/mol. The standard InChI is InChI=1S/C8H16N2O/c1-10-5-7-8(6-10,11-2)3-4-9-7/h7,9H,3-6H2,1-2H3. The first-order chi connectivity index (χ1) is 5.27. The Morgan fingerprint density at radius 2 is 2.45 bits per heavy atom. The Hall–Kier alpha value is -0.120. The van der Waals surface area contributed by atoms with Gasteiger partial charge in [0.2, 0.25) is 0 Å². The zero-order valence-electron chi connectivity index (χ0n) is 7.26. The van der Waals surface area contributed by atoms with Gasteiger partial charge in [-0.1, -0.05) is 0 Å². The highest BCUT2D eigenvalue weighted by Crippen LogP contribution is 2.31. The summed E-state index contributed by atoms with van der Waals surface area (Å²) in [5.41, 5.74) is 0.134. The van der Waals surface area contributed by atoms with E-state index < -0.39 is 0 Å². The van der Waals surface area contributed by atoms with E-state index in [0.717, 1.165) is 19.6 Å². The van der Waals surface area contributed by atoms with Crippen molar-refractivity contribution in [1.82, 2.24) is 10.2 Å². The highest BCUT2D eigenvalue weighted by molar-refractivity contribution is 5.06. The second-order valence-electron chi connectivity index (χ2n) is 3.72. The molecular formula is C8H16N2O. The molecule has 3 heteroatoms. The van der Waals surface area contributed by atoms with Crippen molar-refractivity contribution in [2.24, 2.45) is 0 Å². The van der Waals surface area contributed by atoms with Crippen molar-refractivity contribution < 1.29 is 4.74 Å². The number of likely N-dealkylation sites (N-methyl/N-ethyl adjacent to an activating group) is 1. The third-order valence-corrected chi connectivity index (χ3v) is 3.01. The summed E-state index contributed by atoms with van der Waals surface area (Å²) in [5.74, 6) is 0. The van der Waals surface area contributed by atoms with Gasteiger partial charge in [-0.15, -0.1) is 0 Å². The van der Waals surface area contributed by atoms with Crippen LogP contribution in [0.1, 0.15) is 6.42 Å². The molecule has 2 fully saturated rings. The van der Waals surface area contributed by atoms with Crippen molar-refractivity contribution in [1.29, 1.82) is 0 Å². The summed E-state index contributed by atoms with van der Waals surface area (Å²) >= 11 is 0. The van der Waals surface area contributed by atoms with Crippen LogP contribution in [0.15, 0.2) is 0 Å². The van der Waals surface area contributed by atoms with Crippen LogP contribution in [-0.2, 0) is 4.74 Å². The van der Waals surface area contributed by atoms with Crippen LogP contribution in [0.3, 0.4) is 0 Å². The molecule has 0 amide bonds. The third kappa shape index (κ3) is 0.991. The van der Waals surface area contributed by atoms with Crippen LogP contribution in [-0.4, -0.2) is 50.3 Å². The number of methoxy groups -OCH3 is 1. The minimum Gasteiger partial charge on any atom is -0.375 e. The molecular weight excluding hydrogens is 140 g/mol. The van der Waals surface area contributed by atoms with Gasteiger partial charge in [0, 0.05) is 20.2 Å². The van der Waals surface area contributed by atoms with Crippen molar-refractivity contribution in [2.75, 3.05) is 33.8 Å². The Balaban J connectivity index is 2.15. The first kappa shape index (κ1) is 7.53. The third-order valence-electron chi connectivity index (χ3n) is 3.01. The number of nitrogens with one attached hydrogen (secondary N) is 1. The summed E-state index contributed by atoms with van der Waals surface area (Å²) in [6.45, 7) is 3.33. The fourth-order valence-electron chi connectivity index (χ4n) is 2.38. The van der Waals surface area contributed by atoms with Crippen molar-refractivity contribution in [2.45, 2.75) is 18.1 Å². The molecule has 2 atom stereocenters. The average Bonchev–Trinajstić information content (AvgIpc) is 2.43. The maximum absolute atomic E-state index is 5.59. The SMILES string of the molecule is COC12CCNC1CN(C)C2. The summed E-state index contributed by atoms with van der Waals surface area (Å²) in [6, 6.07) is 0.567. The molecule has 2 aliphatic rings. The van der Waals surface area contributed by atoms with Crippen LogP contribution in [0.2, 0.25) is 0 Å². The lowest BCUT2D eigenvalue weighted by atomic mass is 9.99. The van der Waals surface area contributed by atoms with E-state index in [9.17, 15) is 0 Å². The zero-order valence-corrected chi connectivity index (χ0v) is 7.26. The smallest absolute Gasteiger partial charge is 0.0981 e. The van der Waals surface area contributed by atoms with E-state index in [0.29, 0.717) is 6.04 Å². The van der Waals surface area contributed by atoms with E-state index in [1.807, 2.05) is 7.11 Å². The molecule has 2 saturated heterocycles. The number of hydrogen-bond donors (Lipinski definition) is 1. The Bertz CT molecular complexity index is 162. The number of ether oxygens (including phenoxy) is 1. The van der Waals surface area contributed by atoms with Crippen molar-refractivity contribution >= 4 is 0 Å². The molecule has 0 radical (unpaired) electrons. The fraction of sp³-hybridized carbons (Fsp3) is 1.00. The van der Waals surface area contributed by atoms with Gasteiger partial charge in [0.1, 0.15) is 0 Å². The number of hydrogen-bond acceptors (Lipinski definition) is 3. The molecule has 2 unspecified atom stereocenters. The molecule has 0 saturated carbocycles. The van der Waals surface area contributed by atoms with Gasteiger partial charge in [0.25, 0.3) is 0 Å². The van der Waals surface area contributed by atoms with E-state index in [1.165, 1.54) is 6.42 Å². The molecule has 2 rings (SSSR count). The molecule has 0 aromatic carbocycles. The quantitative estimate of drug-likeness (QED) is 0.563. The topological polar surface area (TPSA) is 24.5 Å². The number of nitrogens with zero attached hydrogens (tertiary/aromatic N) is 1. The van der Waals surface area contributed by atoms with Gasteiger partial charge in [0.05, 0.1) is 11.6 Å². The molecule has 64 valence electrons. The zero-order chi connectivity index (χ0) is 7.90. The lowest BCUT2D eigenvalue weighted by Gasteiger charge is -2.25. The minimum absolute atomic E-state index is 0.134. The molecule has 11 heavy (non-hydrogen) atoms. The predicted octanol–water partition coefficient (Wildman–Crippen LogP) is -0.321. The highest BCUT2D eigenvalue weighted by atomic mass is 16.5. The Morgan fingerprint density at radius 1 is 1.64 bits per heavy atom. The molecule has 1 N–H and O–H groups in total. The summed E-state index contributed by atoms with van der Waals surface area (Å²) in [7, 11) is 3.99. The molecule has 0 aromatic rings. The maximum atomic E-state index is 5.59. The molecule has 2 heterocycles. The van der Waals surface area contributed by atoms with Crippen LogP contribution >= 0.6 is 0 Å². The number of fused-ring (bicyclic) bond motifs is 1. The molecule has 0 aromatic heterocycles. The summed E-state index contributed by atoms with van der Waals surface area (Å²) in [6.07, 6.45) is 1.17. The molecule has 0 spiro atoms. The first-order valence-corrected chi connectivity index (χ1v) is 4.24. The van der Waals surface area contributed by atoms with Crippen molar-refractivity contribution in [3.05, 3.63) is 0 Å². The highest BCUT2D eigenvalue weighted by Gasteiger charge is 2.48. The van der Waals surface area contributed by atoms with Crippen molar-refractivity contribution in [3.63, 3.8) is 0 Å². The molecule has 2 aliphatic heterocycles. The van der Waals surface area contributed by atoms with E-state index in [-0.39, 0.29) is 5.60 Å². The van der Waals surface area contributed by atoms with E-state index in [2.05, 4.69) is 17.3 Å². The first-order valence-electron chi connectivity index (χ1n) is 4.24. The second kappa shape index (κ2) is 2.44. The van der Waals surface area contributed by atoms with E-state index >= 15 is 0 Å². The van der Waals surface area contributed by atoms with Gasteiger partial charge in [-0.25, -0.2) is 0 Å². The average molecular weight is 156 g/mol. The monoisotopic (exact) mass is 156 g/mol. The van der Waals surface area contributed by atoms with E-state index in [4.69, 9.17) is 4.74 Å². The van der Waals surface area contributed by atoms with Crippen LogP contribution in [0.25, 0.3) is 0 Å². The van der Waals surface area contributed by atoms with E-state index in [1.54, 1.807) is 0 Å². The Morgan fingerprint density at radius 3 is 3.09 bits per heavy atom. The summed E-state index contributed by atoms with van der Waals surface area (Å²) < 4.78 is 5.59. The van der Waals surface area contributed by atoms with Crippen LogP contribution in [0.4, 0.5) is 0 Å². The van der Waals surface area contributed by atoms with Crippen LogP contribution in [0, 0.1) is 0 Å². The summed E-state index contributed by atoms with van der Waals surface area (Å²) in [5, 5.41) is 3.47. The van der Waals surface area contributed by atoms with Gasteiger partial charge in [0.15, 0.2) is 0 Å².